The zero-order valence-corrected chi connectivity index (χ0v) is 11.6. The fourth-order valence-electron chi connectivity index (χ4n) is 2.50. The van der Waals surface area contributed by atoms with Gasteiger partial charge in [-0.15, -0.1) is 0 Å². The highest BCUT2D eigenvalue weighted by Crippen LogP contribution is 2.24. The van der Waals surface area contributed by atoms with Crippen LogP contribution in [0.5, 0.6) is 0 Å². The molecule has 0 heterocycles. The summed E-state index contributed by atoms with van der Waals surface area (Å²) in [4.78, 5) is 12.3. The lowest BCUT2D eigenvalue weighted by atomic mass is 9.87. The van der Waals surface area contributed by atoms with Gasteiger partial charge in [-0.25, -0.2) is 0 Å². The third-order valence-electron chi connectivity index (χ3n) is 3.89. The van der Waals surface area contributed by atoms with Crippen LogP contribution < -0.4 is 0 Å². The number of hydrogen-bond acceptors (Lipinski definition) is 1. The van der Waals surface area contributed by atoms with Gasteiger partial charge in [-0.2, -0.15) is 0 Å². The molecule has 0 saturated heterocycles. The molecule has 1 atom stereocenters. The normalized spacial score (nSPS) is 19.5. The summed E-state index contributed by atoms with van der Waals surface area (Å²) in [6.45, 7) is 6.41. The van der Waals surface area contributed by atoms with Crippen molar-refractivity contribution in [3.05, 3.63) is 46.5 Å². The molecule has 0 saturated carbocycles. The van der Waals surface area contributed by atoms with Crippen LogP contribution in [0.15, 0.2) is 29.8 Å². The standard InChI is InChI=1S/C17H22O/c1-12-5-8-15(9-6-12)17(18)11-16-10-13(2)4-7-14(16)3/h4,7-8,10,12H,5-6,9,11H2,1-3H3. The summed E-state index contributed by atoms with van der Waals surface area (Å²) in [7, 11) is 0. The van der Waals surface area contributed by atoms with Crippen molar-refractivity contribution in [3.8, 4) is 0 Å². The molecule has 0 amide bonds. The second-order valence-electron chi connectivity index (χ2n) is 5.64. The predicted molar refractivity (Wildman–Crippen MR) is 75.7 cm³/mol. The van der Waals surface area contributed by atoms with Gasteiger partial charge in [-0.05, 0) is 55.7 Å². The van der Waals surface area contributed by atoms with Crippen molar-refractivity contribution >= 4 is 5.78 Å². The summed E-state index contributed by atoms with van der Waals surface area (Å²) in [6, 6.07) is 6.35. The first-order valence-electron chi connectivity index (χ1n) is 6.84. The van der Waals surface area contributed by atoms with Gasteiger partial charge in [0, 0.05) is 6.42 Å². The van der Waals surface area contributed by atoms with Crippen LogP contribution in [-0.2, 0) is 11.2 Å². The van der Waals surface area contributed by atoms with Gasteiger partial charge in [0.15, 0.2) is 5.78 Å². The van der Waals surface area contributed by atoms with Gasteiger partial charge in [0.1, 0.15) is 0 Å². The molecule has 0 radical (unpaired) electrons. The highest BCUT2D eigenvalue weighted by Gasteiger charge is 2.16. The molecule has 2 rings (SSSR count). The lowest BCUT2D eigenvalue weighted by molar-refractivity contribution is -0.115. The number of carbonyl (C=O) groups is 1. The molecule has 0 N–H and O–H groups in total. The Kier molecular flexibility index (Phi) is 4.00. The molecule has 0 aliphatic heterocycles. The van der Waals surface area contributed by atoms with Crippen LogP contribution in [-0.4, -0.2) is 5.78 Å². The predicted octanol–water partition coefficient (Wildman–Crippen LogP) is 4.16. The molecular weight excluding hydrogens is 220 g/mol. The quantitative estimate of drug-likeness (QED) is 0.777. The Morgan fingerprint density at radius 1 is 1.33 bits per heavy atom. The van der Waals surface area contributed by atoms with E-state index in [1.54, 1.807) is 0 Å². The Morgan fingerprint density at radius 2 is 2.11 bits per heavy atom. The smallest absolute Gasteiger partial charge is 0.162 e. The van der Waals surface area contributed by atoms with E-state index >= 15 is 0 Å². The van der Waals surface area contributed by atoms with Crippen LogP contribution >= 0.6 is 0 Å². The topological polar surface area (TPSA) is 17.1 Å². The second-order valence-corrected chi connectivity index (χ2v) is 5.64. The van der Waals surface area contributed by atoms with Gasteiger partial charge < -0.3 is 0 Å². The fourth-order valence-corrected chi connectivity index (χ4v) is 2.50. The molecule has 1 heteroatoms. The number of benzene rings is 1. The molecule has 0 spiro atoms. The number of rotatable bonds is 3. The van der Waals surface area contributed by atoms with Crippen LogP contribution in [0.25, 0.3) is 0 Å². The first-order valence-corrected chi connectivity index (χ1v) is 6.84. The largest absolute Gasteiger partial charge is 0.294 e. The molecule has 96 valence electrons. The second kappa shape index (κ2) is 5.51. The minimum absolute atomic E-state index is 0.315. The van der Waals surface area contributed by atoms with E-state index in [1.165, 1.54) is 16.7 Å². The van der Waals surface area contributed by atoms with E-state index in [-0.39, 0.29) is 0 Å². The van der Waals surface area contributed by atoms with Gasteiger partial charge in [-0.1, -0.05) is 36.8 Å². The molecule has 0 aromatic heterocycles. The molecule has 1 aliphatic rings. The van der Waals surface area contributed by atoms with E-state index in [4.69, 9.17) is 0 Å². The summed E-state index contributed by atoms with van der Waals surface area (Å²) in [6.07, 6.45) is 5.90. The van der Waals surface area contributed by atoms with Crippen molar-refractivity contribution in [2.24, 2.45) is 5.92 Å². The SMILES string of the molecule is Cc1ccc(C)c(CC(=O)C2=CCC(C)CC2)c1. The molecule has 1 aromatic rings. The third-order valence-corrected chi connectivity index (χ3v) is 3.89. The fraction of sp³-hybridized carbons (Fsp3) is 0.471. The first kappa shape index (κ1) is 13.1. The van der Waals surface area contributed by atoms with Crippen LogP contribution in [0.1, 0.15) is 42.9 Å². The van der Waals surface area contributed by atoms with Crippen molar-refractivity contribution in [2.45, 2.75) is 46.5 Å². The summed E-state index contributed by atoms with van der Waals surface area (Å²) < 4.78 is 0. The van der Waals surface area contributed by atoms with Crippen molar-refractivity contribution in [1.82, 2.24) is 0 Å². The summed E-state index contributed by atoms with van der Waals surface area (Å²) in [5.41, 5.74) is 4.68. The average molecular weight is 242 g/mol. The number of Topliss-reactive ketones (excluding diaryl/α,β-unsaturated/α-hetero) is 1. The van der Waals surface area contributed by atoms with E-state index in [9.17, 15) is 4.79 Å². The highest BCUT2D eigenvalue weighted by atomic mass is 16.1. The lowest BCUT2D eigenvalue weighted by Crippen LogP contribution is -2.12. The van der Waals surface area contributed by atoms with Crippen molar-refractivity contribution in [1.29, 1.82) is 0 Å². The number of carbonyl (C=O) groups excluding carboxylic acids is 1. The Bertz CT molecular complexity index is 482. The molecule has 1 unspecified atom stereocenters. The summed E-state index contributed by atoms with van der Waals surface area (Å²) >= 11 is 0. The number of ketones is 1. The van der Waals surface area contributed by atoms with Crippen molar-refractivity contribution < 1.29 is 4.79 Å². The maximum Gasteiger partial charge on any atom is 0.162 e. The van der Waals surface area contributed by atoms with Gasteiger partial charge in [0.25, 0.3) is 0 Å². The Balaban J connectivity index is 2.09. The van der Waals surface area contributed by atoms with Crippen LogP contribution in [0.4, 0.5) is 0 Å². The van der Waals surface area contributed by atoms with E-state index in [1.807, 2.05) is 0 Å². The molecule has 18 heavy (non-hydrogen) atoms. The molecule has 0 fully saturated rings. The Morgan fingerprint density at radius 3 is 2.78 bits per heavy atom. The van der Waals surface area contributed by atoms with Gasteiger partial charge >= 0.3 is 0 Å². The third kappa shape index (κ3) is 3.10. The summed E-state index contributed by atoms with van der Waals surface area (Å²) in [5, 5.41) is 0. The van der Waals surface area contributed by atoms with Crippen LogP contribution in [0.3, 0.4) is 0 Å². The Labute approximate surface area is 110 Å². The van der Waals surface area contributed by atoms with E-state index < -0.39 is 0 Å². The molecule has 0 bridgehead atoms. The molecule has 1 aromatic carbocycles. The van der Waals surface area contributed by atoms with E-state index in [0.717, 1.165) is 30.8 Å². The number of allylic oxidation sites excluding steroid dienone is 2. The molecular formula is C17H22O. The number of hydrogen-bond donors (Lipinski definition) is 0. The zero-order valence-electron chi connectivity index (χ0n) is 11.6. The van der Waals surface area contributed by atoms with E-state index in [2.05, 4.69) is 45.0 Å². The average Bonchev–Trinajstić information content (AvgIpc) is 2.34. The maximum absolute atomic E-state index is 12.3. The van der Waals surface area contributed by atoms with Gasteiger partial charge in [0.05, 0.1) is 0 Å². The van der Waals surface area contributed by atoms with Crippen molar-refractivity contribution in [3.63, 3.8) is 0 Å². The molecule has 1 aliphatic carbocycles. The van der Waals surface area contributed by atoms with Crippen LogP contribution in [0, 0.1) is 19.8 Å². The minimum atomic E-state index is 0.315. The van der Waals surface area contributed by atoms with Gasteiger partial charge in [-0.3, -0.25) is 4.79 Å². The van der Waals surface area contributed by atoms with E-state index in [0.29, 0.717) is 12.2 Å². The number of aryl methyl sites for hydroxylation is 2. The van der Waals surface area contributed by atoms with Gasteiger partial charge in [0.2, 0.25) is 0 Å². The highest BCUT2D eigenvalue weighted by molar-refractivity contribution is 5.97. The zero-order chi connectivity index (χ0) is 13.1. The Hall–Kier alpha value is -1.37. The first-order chi connectivity index (χ1) is 8.56. The van der Waals surface area contributed by atoms with Crippen LogP contribution in [0.2, 0.25) is 0 Å². The lowest BCUT2D eigenvalue weighted by Gasteiger charge is -2.17. The molecule has 1 nitrogen and oxygen atoms in total. The maximum atomic E-state index is 12.3. The minimum Gasteiger partial charge on any atom is -0.294 e. The van der Waals surface area contributed by atoms with Crippen molar-refractivity contribution in [2.75, 3.05) is 0 Å². The monoisotopic (exact) mass is 242 g/mol. The summed E-state index contributed by atoms with van der Waals surface area (Å²) in [5.74, 6) is 1.05.